The first-order valence-corrected chi connectivity index (χ1v) is 20.5. The topological polar surface area (TPSA) is 204 Å². The number of azide groups is 1. The van der Waals surface area contributed by atoms with Crippen LogP contribution in [0, 0.1) is 0 Å². The molecule has 1 fully saturated rings. The van der Waals surface area contributed by atoms with Gasteiger partial charge >= 0.3 is 19.2 Å². The fraction of sp³-hybridized carbons (Fsp3) is 0.425. The van der Waals surface area contributed by atoms with Gasteiger partial charge in [0.25, 0.3) is 0 Å². The van der Waals surface area contributed by atoms with E-state index >= 15 is 8.78 Å². The van der Waals surface area contributed by atoms with E-state index in [9.17, 15) is 24.8 Å². The van der Waals surface area contributed by atoms with Crippen molar-refractivity contribution in [1.29, 1.82) is 0 Å². The van der Waals surface area contributed by atoms with Crippen LogP contribution in [0.2, 0.25) is 0 Å². The molecule has 1 amide bonds. The molecule has 1 saturated heterocycles. The van der Waals surface area contributed by atoms with Gasteiger partial charge < -0.3 is 25.4 Å². The number of para-hydroxylation sites is 1. The Balaban J connectivity index is 1.45. The second-order valence-electron chi connectivity index (χ2n) is 12.8. The lowest BCUT2D eigenvalue weighted by Gasteiger charge is -2.28. The summed E-state index contributed by atoms with van der Waals surface area (Å²) in [6, 6.07) is 8.93. The molecule has 2 heterocycles. The molecule has 1 aliphatic heterocycles. The second-order valence-corrected chi connectivity index (χ2v) is 14.9. The number of allylic oxidation sites excluding steroid dienone is 12. The number of aliphatic hydroxyl groups excluding tert-OH is 1. The predicted octanol–water partition coefficient (Wildman–Crippen LogP) is 8.63. The van der Waals surface area contributed by atoms with Crippen LogP contribution in [0.4, 0.5) is 14.6 Å². The third kappa shape index (κ3) is 15.7. The van der Waals surface area contributed by atoms with Crippen molar-refractivity contribution in [3.05, 3.63) is 136 Å². The normalized spacial score (nSPS) is 20.6. The Hall–Kier alpha value is -5.11. The molecule has 2 aromatic rings. The van der Waals surface area contributed by atoms with Crippen molar-refractivity contribution in [2.75, 3.05) is 25.0 Å². The van der Waals surface area contributed by atoms with Crippen LogP contribution in [0.3, 0.4) is 0 Å². The summed E-state index contributed by atoms with van der Waals surface area (Å²) in [7, 11) is -4.25. The second kappa shape index (κ2) is 24.5. The van der Waals surface area contributed by atoms with Crippen molar-refractivity contribution >= 4 is 19.3 Å². The number of nitrogen functional groups attached to an aromatic ring is 1. The monoisotopic (exact) mass is 811 g/mol. The van der Waals surface area contributed by atoms with Gasteiger partial charge in [0.2, 0.25) is 17.9 Å². The largest absolute Gasteiger partial charge is 0.424 e. The Morgan fingerprint density at radius 1 is 1.02 bits per heavy atom. The van der Waals surface area contributed by atoms with Crippen LogP contribution in [0.15, 0.2) is 125 Å². The van der Waals surface area contributed by atoms with Crippen LogP contribution in [-0.4, -0.2) is 57.6 Å². The Bertz CT molecular complexity index is 1900. The van der Waals surface area contributed by atoms with Gasteiger partial charge in [-0.25, -0.2) is 9.36 Å². The van der Waals surface area contributed by atoms with Gasteiger partial charge in [0, 0.05) is 24.1 Å². The molecule has 14 nitrogen and oxygen atoms in total. The molecule has 3 rings (SSSR count). The summed E-state index contributed by atoms with van der Waals surface area (Å²) in [6.07, 6.45) is 26.8. The number of benzene rings is 1. The van der Waals surface area contributed by atoms with E-state index in [-0.39, 0.29) is 43.0 Å². The minimum Gasteiger partial charge on any atom is -0.424 e. The van der Waals surface area contributed by atoms with E-state index < -0.39 is 43.9 Å². The lowest BCUT2D eigenvalue weighted by molar-refractivity contribution is -0.144. The van der Waals surface area contributed by atoms with Crippen LogP contribution in [0.1, 0.15) is 70.9 Å². The smallest absolute Gasteiger partial charge is 0.379 e. The first kappa shape index (κ1) is 46.3. The number of alkyl halides is 2. The van der Waals surface area contributed by atoms with E-state index in [1.54, 1.807) is 18.2 Å². The molecule has 1 aromatic carbocycles. The number of amides is 1. The number of carbonyl (C=O) groups excluding carboxylic acids is 1. The molecular weight excluding hydrogens is 759 g/mol. The zero-order valence-electron chi connectivity index (χ0n) is 32.0. The minimum absolute atomic E-state index is 0.0823. The standard InChI is InChI=1S/C40H52F2N7O7P/c1-2-3-4-5-6-7-8-9-10-11-12-13-14-15-16-17-18-19-23-27-35(50)45-29-24-31-57(53,56-33-25-21-20-22-26-33)54-32-39(47-48-44)36(51)40(41,42)37(55-39)49-30-28-34(43)46-38(49)52/h3-4,6-7,9-10,12-13,15-16,18-22,25-26,28,30,36-37,51H,2,5,8,11,14,17,23-24,27,29,31-32H2,1H3,(H,45,50)(H2,43,46,52)/b4-3-,7-6-,10-9-,13-12-,16-15-,19-18-/t36-,37-,39-,57?/m1/s1. The van der Waals surface area contributed by atoms with Gasteiger partial charge in [0.15, 0.2) is 6.10 Å². The van der Waals surface area contributed by atoms with Crippen LogP contribution in [-0.2, 0) is 18.6 Å². The lowest BCUT2D eigenvalue weighted by atomic mass is 10.1. The van der Waals surface area contributed by atoms with Gasteiger partial charge in [-0.05, 0) is 75.1 Å². The third-order valence-electron chi connectivity index (χ3n) is 8.28. The highest BCUT2D eigenvalue weighted by Crippen LogP contribution is 2.53. The number of aliphatic hydroxyl groups is 1. The average molecular weight is 812 g/mol. The van der Waals surface area contributed by atoms with E-state index in [0.29, 0.717) is 11.0 Å². The third-order valence-corrected chi connectivity index (χ3v) is 10.2. The number of anilines is 1. The highest BCUT2D eigenvalue weighted by Gasteiger charge is 2.67. The van der Waals surface area contributed by atoms with Crippen molar-refractivity contribution in [3.63, 3.8) is 0 Å². The maximum Gasteiger partial charge on any atom is 0.379 e. The lowest BCUT2D eigenvalue weighted by Crippen LogP contribution is -2.48. The fourth-order valence-corrected chi connectivity index (χ4v) is 6.97. The number of nitrogens with two attached hydrogens (primary N) is 1. The maximum atomic E-state index is 15.4. The Kier molecular flexibility index (Phi) is 19.9. The number of halogens is 2. The molecule has 4 atom stereocenters. The van der Waals surface area contributed by atoms with Crippen molar-refractivity contribution in [2.24, 2.45) is 5.11 Å². The van der Waals surface area contributed by atoms with Gasteiger partial charge in [-0.3, -0.25) is 13.9 Å². The number of ether oxygens (including phenoxy) is 1. The van der Waals surface area contributed by atoms with E-state index in [0.717, 1.165) is 50.8 Å². The van der Waals surface area contributed by atoms with E-state index in [4.69, 9.17) is 19.5 Å². The average Bonchev–Trinajstić information content (AvgIpc) is 3.38. The van der Waals surface area contributed by atoms with Gasteiger partial charge in [-0.2, -0.15) is 13.8 Å². The molecule has 0 aliphatic carbocycles. The summed E-state index contributed by atoms with van der Waals surface area (Å²) in [6.45, 7) is 1.06. The van der Waals surface area contributed by atoms with Crippen LogP contribution in [0.25, 0.3) is 10.4 Å². The van der Waals surface area contributed by atoms with Gasteiger partial charge in [-0.15, -0.1) is 0 Å². The predicted molar refractivity (Wildman–Crippen MR) is 216 cm³/mol. The molecule has 1 aromatic heterocycles. The number of aromatic nitrogens is 2. The fourth-order valence-electron chi connectivity index (χ4n) is 5.33. The van der Waals surface area contributed by atoms with Crippen LogP contribution < -0.4 is 21.3 Å². The molecule has 308 valence electrons. The molecule has 0 saturated carbocycles. The highest BCUT2D eigenvalue weighted by atomic mass is 31.2. The summed E-state index contributed by atoms with van der Waals surface area (Å²) >= 11 is 0. The SMILES string of the molecule is CC/C=C\C/C=C\C/C=C\C/C=C\C/C=C\C/C=C\CCC(=O)NCCCP(=O)(OC[C@@]1(N=[N+]=[N-])O[C@@H](n2ccc(N)nc2=O)C(F)(F)[C@@H]1O)Oc1ccccc1. The van der Waals surface area contributed by atoms with Crippen LogP contribution in [0.5, 0.6) is 5.75 Å². The van der Waals surface area contributed by atoms with Gasteiger partial charge in [0.05, 0.1) is 12.8 Å². The molecule has 0 spiro atoms. The Morgan fingerprint density at radius 2 is 1.60 bits per heavy atom. The molecule has 57 heavy (non-hydrogen) atoms. The Labute approximate surface area is 331 Å². The molecule has 1 aliphatic rings. The summed E-state index contributed by atoms with van der Waals surface area (Å²) < 4.78 is 61.6. The zero-order chi connectivity index (χ0) is 41.4. The maximum absolute atomic E-state index is 15.4. The first-order chi connectivity index (χ1) is 27.5. The number of hydrogen-bond acceptors (Lipinski definition) is 10. The van der Waals surface area contributed by atoms with Gasteiger partial charge in [0.1, 0.15) is 11.6 Å². The summed E-state index contributed by atoms with van der Waals surface area (Å²) in [4.78, 5) is 30.7. The highest BCUT2D eigenvalue weighted by molar-refractivity contribution is 7.54. The molecule has 0 bridgehead atoms. The number of nitrogens with one attached hydrogen (secondary N) is 1. The summed E-state index contributed by atoms with van der Waals surface area (Å²) in [5.41, 5.74) is 10.6. The van der Waals surface area contributed by atoms with Crippen LogP contribution >= 0.6 is 7.60 Å². The number of hydrogen-bond donors (Lipinski definition) is 3. The zero-order valence-corrected chi connectivity index (χ0v) is 32.9. The van der Waals surface area contributed by atoms with Crippen molar-refractivity contribution < 1.29 is 37.0 Å². The van der Waals surface area contributed by atoms with E-state index in [1.165, 1.54) is 12.1 Å². The Morgan fingerprint density at radius 3 is 2.16 bits per heavy atom. The molecule has 4 N–H and O–H groups in total. The molecular formula is C40H52F2N7O7P. The molecule has 0 radical (unpaired) electrons. The number of nitrogens with zero attached hydrogens (tertiary/aromatic N) is 5. The summed E-state index contributed by atoms with van der Waals surface area (Å²) in [5, 5.41) is 16.7. The summed E-state index contributed by atoms with van der Waals surface area (Å²) in [5.74, 6) is -4.57. The molecule has 1 unspecified atom stereocenters. The van der Waals surface area contributed by atoms with Crippen molar-refractivity contribution in [1.82, 2.24) is 14.9 Å². The van der Waals surface area contributed by atoms with E-state index in [1.807, 2.05) is 12.2 Å². The first-order valence-electron chi connectivity index (χ1n) is 18.8. The van der Waals surface area contributed by atoms with E-state index in [2.05, 4.69) is 88.0 Å². The van der Waals surface area contributed by atoms with Crippen molar-refractivity contribution in [3.8, 4) is 5.75 Å². The van der Waals surface area contributed by atoms with Crippen molar-refractivity contribution in [2.45, 2.75) is 88.7 Å². The number of carbonyl (C=O) groups is 1. The molecule has 17 heteroatoms. The van der Waals surface area contributed by atoms with Gasteiger partial charge in [-0.1, -0.05) is 103 Å². The number of rotatable bonds is 25. The minimum atomic E-state index is -4.25. The quantitative estimate of drug-likeness (QED) is 0.0219.